The number of hydrogen-bond acceptors (Lipinski definition) is 5. The molecule has 3 aromatic carbocycles. The molecule has 0 radical (unpaired) electrons. The van der Waals surface area contributed by atoms with Crippen LogP contribution in [0.5, 0.6) is 0 Å². The number of carbonyl (C=O) groups excluding carboxylic acids is 1. The fraction of sp³-hybridized carbons (Fsp3) is 0.259. The molecule has 1 amide bonds. The summed E-state index contributed by atoms with van der Waals surface area (Å²) in [6.07, 6.45) is 0. The molecular weight excluding hydrogens is 490 g/mol. The minimum absolute atomic E-state index is 0.117. The summed E-state index contributed by atoms with van der Waals surface area (Å²) in [6.45, 7) is 9.95. The van der Waals surface area contributed by atoms with Gasteiger partial charge in [0.2, 0.25) is 5.91 Å². The number of hydrogen-bond donors (Lipinski definition) is 3. The second-order valence-electron chi connectivity index (χ2n) is 6.79. The number of nitrogens with one attached hydrogen (secondary N) is 2. The van der Waals surface area contributed by atoms with Crippen LogP contribution in [0.15, 0.2) is 88.8 Å². The Labute approximate surface area is 222 Å². The molecule has 0 aliphatic carbocycles. The van der Waals surface area contributed by atoms with Crippen molar-refractivity contribution in [1.29, 1.82) is 0 Å². The Balaban J connectivity index is 0.00000154. The summed E-state index contributed by atoms with van der Waals surface area (Å²) in [5, 5.41) is 3.27. The van der Waals surface area contributed by atoms with Gasteiger partial charge in [-0.2, -0.15) is 0 Å². The van der Waals surface area contributed by atoms with Gasteiger partial charge in [0.1, 0.15) is 0 Å². The van der Waals surface area contributed by atoms with E-state index in [0.29, 0.717) is 15.8 Å². The summed E-state index contributed by atoms with van der Waals surface area (Å²) >= 11 is 1.20. The third kappa shape index (κ3) is 9.85. The third-order valence-electron chi connectivity index (χ3n) is 4.49. The van der Waals surface area contributed by atoms with Gasteiger partial charge >= 0.3 is 0 Å². The first kappa shape index (κ1) is 30.9. The second-order valence-corrected chi connectivity index (χ2v) is 9.28. The van der Waals surface area contributed by atoms with E-state index in [1.807, 2.05) is 89.2 Å². The van der Waals surface area contributed by atoms with Crippen molar-refractivity contribution in [1.82, 2.24) is 5.43 Å². The Morgan fingerprint density at radius 2 is 1.61 bits per heavy atom. The zero-order valence-electron chi connectivity index (χ0n) is 21.8. The second kappa shape index (κ2) is 17.3. The molecule has 3 rings (SSSR count). The maximum Gasteiger partial charge on any atom is 0.234 e. The smallest absolute Gasteiger partial charge is 0.234 e. The Morgan fingerprint density at radius 3 is 2.25 bits per heavy atom. The highest BCUT2D eigenvalue weighted by Crippen LogP contribution is 2.22. The van der Waals surface area contributed by atoms with Crippen molar-refractivity contribution in [3.8, 4) is 0 Å². The number of thioether (sulfide) groups is 1. The number of para-hydroxylation sites is 2. The van der Waals surface area contributed by atoms with Crippen LogP contribution in [-0.4, -0.2) is 28.1 Å². The first-order valence-corrected chi connectivity index (χ1v) is 13.9. The molecule has 7 nitrogen and oxygen atoms in total. The van der Waals surface area contributed by atoms with Crippen LogP contribution in [0.25, 0.3) is 0 Å². The van der Waals surface area contributed by atoms with Crippen LogP contribution in [0, 0.1) is 6.92 Å². The Bertz CT molecular complexity index is 1120. The quantitative estimate of drug-likeness (QED) is 0.151. The van der Waals surface area contributed by atoms with Crippen LogP contribution in [0.3, 0.4) is 0 Å². The average Bonchev–Trinajstić information content (AvgIpc) is 2.94. The van der Waals surface area contributed by atoms with Gasteiger partial charge in [-0.3, -0.25) is 9.10 Å². The van der Waals surface area contributed by atoms with Gasteiger partial charge in [-0.15, -0.1) is 0 Å². The van der Waals surface area contributed by atoms with Crippen molar-refractivity contribution < 1.29 is 9.00 Å². The molecule has 0 fully saturated rings. The van der Waals surface area contributed by atoms with Crippen molar-refractivity contribution in [3.05, 3.63) is 84.4 Å². The molecule has 1 unspecified atom stereocenters. The van der Waals surface area contributed by atoms with E-state index in [-0.39, 0.29) is 11.7 Å². The normalized spacial score (nSPS) is 11.1. The largest absolute Gasteiger partial charge is 0.325 e. The first-order chi connectivity index (χ1) is 17.5. The minimum atomic E-state index is -1.41. The Hall–Kier alpha value is -3.14. The number of rotatable bonds is 7. The predicted octanol–water partition coefficient (Wildman–Crippen LogP) is 6.03. The molecule has 0 bridgehead atoms. The number of aliphatic imine (C=N–C) groups is 1. The molecule has 0 spiro atoms. The Kier molecular flexibility index (Phi) is 14.9. The minimum Gasteiger partial charge on any atom is -0.325 e. The number of amidine groups is 1. The third-order valence-corrected chi connectivity index (χ3v) is 6.74. The SMILES string of the molecule is CC.CC.Cc1ccccc1N=C(NN)SCC(=O)Nc1cccc(S(=O)N(C)c2ccccc2)c1. The van der Waals surface area contributed by atoms with Gasteiger partial charge in [0.05, 0.1) is 16.3 Å². The molecule has 0 aliphatic heterocycles. The number of benzene rings is 3. The van der Waals surface area contributed by atoms with Gasteiger partial charge in [0.15, 0.2) is 16.2 Å². The molecule has 0 aliphatic rings. The molecule has 194 valence electrons. The molecule has 36 heavy (non-hydrogen) atoms. The zero-order chi connectivity index (χ0) is 26.9. The average molecular weight is 528 g/mol. The Morgan fingerprint density at radius 1 is 0.972 bits per heavy atom. The van der Waals surface area contributed by atoms with Gasteiger partial charge in [-0.05, 0) is 48.9 Å². The number of hydrazine groups is 1. The maximum atomic E-state index is 12.9. The van der Waals surface area contributed by atoms with Gasteiger partial charge < -0.3 is 10.7 Å². The highest BCUT2D eigenvalue weighted by atomic mass is 32.2. The summed E-state index contributed by atoms with van der Waals surface area (Å²) < 4.78 is 14.6. The lowest BCUT2D eigenvalue weighted by Crippen LogP contribution is -2.29. The summed E-state index contributed by atoms with van der Waals surface area (Å²) in [5.41, 5.74) is 5.74. The topological polar surface area (TPSA) is 99.8 Å². The van der Waals surface area contributed by atoms with Gasteiger partial charge in [-0.25, -0.2) is 15.0 Å². The van der Waals surface area contributed by atoms with Crippen LogP contribution in [-0.2, 0) is 15.8 Å². The van der Waals surface area contributed by atoms with Crippen LogP contribution in [0.4, 0.5) is 17.1 Å². The van der Waals surface area contributed by atoms with Crippen molar-refractivity contribution >= 4 is 50.9 Å². The number of nitrogens with zero attached hydrogens (tertiary/aromatic N) is 2. The summed E-state index contributed by atoms with van der Waals surface area (Å²) in [7, 11) is 0.356. The maximum absolute atomic E-state index is 12.9. The fourth-order valence-corrected chi connectivity index (χ4v) is 4.45. The lowest BCUT2D eigenvalue weighted by Gasteiger charge is -2.18. The molecule has 0 saturated heterocycles. The van der Waals surface area contributed by atoms with Crippen LogP contribution in [0.2, 0.25) is 0 Å². The summed E-state index contributed by atoms with van der Waals surface area (Å²) in [5.74, 6) is 5.46. The van der Waals surface area contributed by atoms with E-state index in [0.717, 1.165) is 16.9 Å². The molecule has 9 heteroatoms. The van der Waals surface area contributed by atoms with E-state index in [9.17, 15) is 9.00 Å². The van der Waals surface area contributed by atoms with Gasteiger partial charge in [0, 0.05) is 18.4 Å². The molecule has 0 heterocycles. The molecule has 0 aromatic heterocycles. The van der Waals surface area contributed by atoms with Crippen molar-refractivity contribution in [3.63, 3.8) is 0 Å². The van der Waals surface area contributed by atoms with Crippen molar-refractivity contribution in [2.24, 2.45) is 10.8 Å². The van der Waals surface area contributed by atoms with E-state index in [1.54, 1.807) is 35.6 Å². The number of nitrogens with two attached hydrogens (primary N) is 1. The van der Waals surface area contributed by atoms with E-state index < -0.39 is 11.0 Å². The fourth-order valence-electron chi connectivity index (χ4n) is 2.81. The van der Waals surface area contributed by atoms with E-state index in [4.69, 9.17) is 5.84 Å². The molecular formula is C27H37N5O2S2. The molecule has 1 atom stereocenters. The first-order valence-electron chi connectivity index (χ1n) is 11.8. The highest BCUT2D eigenvalue weighted by Gasteiger charge is 2.13. The number of carbonyl (C=O) groups is 1. The number of amides is 1. The monoisotopic (exact) mass is 527 g/mol. The molecule has 0 saturated carbocycles. The molecule has 3 aromatic rings. The van der Waals surface area contributed by atoms with Crippen LogP contribution < -0.4 is 20.9 Å². The highest BCUT2D eigenvalue weighted by molar-refractivity contribution is 8.14. The zero-order valence-corrected chi connectivity index (χ0v) is 23.5. The summed E-state index contributed by atoms with van der Waals surface area (Å²) in [4.78, 5) is 17.5. The lowest BCUT2D eigenvalue weighted by molar-refractivity contribution is -0.113. The summed E-state index contributed by atoms with van der Waals surface area (Å²) in [6, 6.07) is 24.1. The standard InChI is InChI=1S/C23H25N5O2S2.2C2H6/c1-17-9-6-7-14-21(17)26-23(27-24)31-16-22(29)25-18-10-8-13-20(15-18)32(30)28(2)19-11-4-3-5-12-19;2*1-2/h3-15H,16,24H2,1-2H3,(H,25,29)(H,26,27);2*1-2H3. The number of anilines is 2. The van der Waals surface area contributed by atoms with E-state index >= 15 is 0 Å². The van der Waals surface area contributed by atoms with Crippen LogP contribution in [0.1, 0.15) is 33.3 Å². The predicted molar refractivity (Wildman–Crippen MR) is 157 cm³/mol. The van der Waals surface area contributed by atoms with E-state index in [2.05, 4.69) is 15.7 Å². The molecule has 4 N–H and O–H groups in total. The van der Waals surface area contributed by atoms with Crippen LogP contribution >= 0.6 is 11.8 Å². The van der Waals surface area contributed by atoms with Crippen molar-refractivity contribution in [2.75, 3.05) is 22.4 Å². The lowest BCUT2D eigenvalue weighted by atomic mass is 10.2. The number of aryl methyl sites for hydroxylation is 1. The van der Waals surface area contributed by atoms with E-state index in [1.165, 1.54) is 11.8 Å². The van der Waals surface area contributed by atoms with Gasteiger partial charge in [-0.1, -0.05) is 81.9 Å². The van der Waals surface area contributed by atoms with Gasteiger partial charge in [0.25, 0.3) is 0 Å². The van der Waals surface area contributed by atoms with Crippen molar-refractivity contribution in [2.45, 2.75) is 39.5 Å².